The number of carbonyl (C=O) groups is 1. The molecule has 0 bridgehead atoms. The first-order valence-corrected chi connectivity index (χ1v) is 8.26. The average Bonchev–Trinajstić information content (AvgIpc) is 3.06. The Morgan fingerprint density at radius 2 is 1.79 bits per heavy atom. The molecule has 24 heavy (non-hydrogen) atoms. The van der Waals surface area contributed by atoms with Crippen molar-refractivity contribution < 1.29 is 14.3 Å². The highest BCUT2D eigenvalue weighted by Gasteiger charge is 2.25. The normalized spacial score (nSPS) is 19.5. The van der Waals surface area contributed by atoms with Crippen molar-refractivity contribution in [2.24, 2.45) is 0 Å². The van der Waals surface area contributed by atoms with E-state index in [2.05, 4.69) is 10.2 Å². The van der Waals surface area contributed by atoms with Crippen LogP contribution in [-0.2, 0) is 4.74 Å². The van der Waals surface area contributed by atoms with E-state index in [0.29, 0.717) is 12.2 Å². The second kappa shape index (κ2) is 6.53. The number of hydrogen-bond acceptors (Lipinski definition) is 4. The molecule has 0 aliphatic carbocycles. The zero-order valence-electron chi connectivity index (χ0n) is 13.4. The highest BCUT2D eigenvalue weighted by atomic mass is 16.5. The number of morpholine rings is 1. The molecule has 0 aromatic heterocycles. The molecule has 1 atom stereocenters. The standard InChI is InChI=1S/C19H20N2O3/c22-19(20-17-13-24-18-4-2-1-3-16(17)18)14-5-7-15(8-6-14)21-9-11-23-12-10-21/h1-8,17H,9-13H2,(H,20,22). The minimum atomic E-state index is -0.0902. The minimum absolute atomic E-state index is 0.0752. The lowest BCUT2D eigenvalue weighted by Crippen LogP contribution is -2.36. The molecule has 1 saturated heterocycles. The zero-order valence-corrected chi connectivity index (χ0v) is 13.4. The van der Waals surface area contributed by atoms with Crippen molar-refractivity contribution in [3.05, 3.63) is 59.7 Å². The molecule has 2 aliphatic rings. The van der Waals surface area contributed by atoms with Crippen molar-refractivity contribution in [3.63, 3.8) is 0 Å². The Labute approximate surface area is 141 Å². The van der Waals surface area contributed by atoms with E-state index in [1.54, 1.807) is 0 Å². The van der Waals surface area contributed by atoms with Gasteiger partial charge in [0.25, 0.3) is 5.91 Å². The summed E-state index contributed by atoms with van der Waals surface area (Å²) in [5.41, 5.74) is 2.83. The number of nitrogens with one attached hydrogen (secondary N) is 1. The Hall–Kier alpha value is -2.53. The van der Waals surface area contributed by atoms with Crippen molar-refractivity contribution in [1.82, 2.24) is 5.32 Å². The second-order valence-corrected chi connectivity index (χ2v) is 6.02. The van der Waals surface area contributed by atoms with Crippen LogP contribution in [0, 0.1) is 0 Å². The summed E-state index contributed by atoms with van der Waals surface area (Å²) in [7, 11) is 0. The fourth-order valence-corrected chi connectivity index (χ4v) is 3.17. The van der Waals surface area contributed by atoms with Crippen LogP contribution in [0.4, 0.5) is 5.69 Å². The van der Waals surface area contributed by atoms with E-state index in [-0.39, 0.29) is 11.9 Å². The SMILES string of the molecule is O=C(NC1COc2ccccc21)c1ccc(N2CCOCC2)cc1. The fourth-order valence-electron chi connectivity index (χ4n) is 3.17. The third-order valence-electron chi connectivity index (χ3n) is 4.51. The fraction of sp³-hybridized carbons (Fsp3) is 0.316. The third kappa shape index (κ3) is 2.95. The van der Waals surface area contributed by atoms with Crippen molar-refractivity contribution >= 4 is 11.6 Å². The van der Waals surface area contributed by atoms with Crippen LogP contribution in [0.2, 0.25) is 0 Å². The molecule has 2 aromatic carbocycles. The number of ether oxygens (including phenoxy) is 2. The lowest BCUT2D eigenvalue weighted by molar-refractivity contribution is 0.0930. The predicted molar refractivity (Wildman–Crippen MR) is 91.6 cm³/mol. The summed E-state index contributed by atoms with van der Waals surface area (Å²) in [6.45, 7) is 3.77. The van der Waals surface area contributed by atoms with Crippen molar-refractivity contribution in [2.45, 2.75) is 6.04 Å². The lowest BCUT2D eigenvalue weighted by atomic mass is 10.1. The van der Waals surface area contributed by atoms with Crippen LogP contribution in [0.1, 0.15) is 22.0 Å². The van der Waals surface area contributed by atoms with Gasteiger partial charge in [-0.05, 0) is 30.3 Å². The predicted octanol–water partition coefficient (Wildman–Crippen LogP) is 2.39. The highest BCUT2D eigenvalue weighted by Crippen LogP contribution is 2.31. The molecule has 5 heteroatoms. The van der Waals surface area contributed by atoms with Gasteiger partial charge in [-0.2, -0.15) is 0 Å². The van der Waals surface area contributed by atoms with Crippen LogP contribution >= 0.6 is 0 Å². The van der Waals surface area contributed by atoms with E-state index in [4.69, 9.17) is 9.47 Å². The molecular formula is C19H20N2O3. The highest BCUT2D eigenvalue weighted by molar-refractivity contribution is 5.94. The van der Waals surface area contributed by atoms with Gasteiger partial charge < -0.3 is 19.7 Å². The van der Waals surface area contributed by atoms with Crippen molar-refractivity contribution in [1.29, 1.82) is 0 Å². The Morgan fingerprint density at radius 1 is 1.04 bits per heavy atom. The van der Waals surface area contributed by atoms with Crippen LogP contribution in [0.25, 0.3) is 0 Å². The summed E-state index contributed by atoms with van der Waals surface area (Å²) in [4.78, 5) is 14.8. The summed E-state index contributed by atoms with van der Waals surface area (Å²) in [6, 6.07) is 15.5. The quantitative estimate of drug-likeness (QED) is 0.942. The molecule has 1 amide bonds. The number of benzene rings is 2. The molecule has 1 N–H and O–H groups in total. The van der Waals surface area contributed by atoms with Gasteiger partial charge >= 0.3 is 0 Å². The van der Waals surface area contributed by atoms with E-state index in [9.17, 15) is 4.79 Å². The van der Waals surface area contributed by atoms with Gasteiger partial charge in [-0.15, -0.1) is 0 Å². The number of fused-ring (bicyclic) bond motifs is 1. The molecule has 0 spiro atoms. The largest absolute Gasteiger partial charge is 0.491 e. The molecule has 1 unspecified atom stereocenters. The van der Waals surface area contributed by atoms with E-state index >= 15 is 0 Å². The molecule has 0 radical (unpaired) electrons. The number of carbonyl (C=O) groups excluding carboxylic acids is 1. The number of rotatable bonds is 3. The van der Waals surface area contributed by atoms with Gasteiger partial charge in [0.05, 0.1) is 19.3 Å². The van der Waals surface area contributed by atoms with E-state index in [0.717, 1.165) is 43.3 Å². The summed E-state index contributed by atoms with van der Waals surface area (Å²) in [5.74, 6) is 0.777. The van der Waals surface area contributed by atoms with Crippen LogP contribution in [0.5, 0.6) is 5.75 Å². The van der Waals surface area contributed by atoms with Crippen LogP contribution < -0.4 is 15.0 Å². The average molecular weight is 324 g/mol. The minimum Gasteiger partial charge on any atom is -0.491 e. The summed E-state index contributed by atoms with van der Waals surface area (Å²) in [6.07, 6.45) is 0. The first-order chi connectivity index (χ1) is 11.8. The van der Waals surface area contributed by atoms with Crippen LogP contribution in [0.15, 0.2) is 48.5 Å². The van der Waals surface area contributed by atoms with Crippen LogP contribution in [-0.4, -0.2) is 38.8 Å². The molecule has 4 rings (SSSR count). The summed E-state index contributed by atoms with van der Waals surface area (Å²) >= 11 is 0. The summed E-state index contributed by atoms with van der Waals surface area (Å²) in [5, 5.41) is 3.05. The molecule has 2 heterocycles. The number of hydrogen-bond donors (Lipinski definition) is 1. The molecule has 5 nitrogen and oxygen atoms in total. The van der Waals surface area contributed by atoms with E-state index in [1.165, 1.54) is 0 Å². The first-order valence-electron chi connectivity index (χ1n) is 8.26. The zero-order chi connectivity index (χ0) is 16.4. The van der Waals surface area contributed by atoms with Gasteiger partial charge in [0, 0.05) is 29.9 Å². The Bertz CT molecular complexity index is 724. The molecular weight excluding hydrogens is 304 g/mol. The van der Waals surface area contributed by atoms with Crippen LogP contribution in [0.3, 0.4) is 0 Å². The maximum absolute atomic E-state index is 12.5. The van der Waals surface area contributed by atoms with Gasteiger partial charge in [-0.25, -0.2) is 0 Å². The summed E-state index contributed by atoms with van der Waals surface area (Å²) < 4.78 is 11.0. The topological polar surface area (TPSA) is 50.8 Å². The first kappa shape index (κ1) is 15.0. The number of anilines is 1. The Balaban J connectivity index is 1.43. The molecule has 2 aromatic rings. The van der Waals surface area contributed by atoms with Gasteiger partial charge in [-0.3, -0.25) is 4.79 Å². The number of amides is 1. The third-order valence-corrected chi connectivity index (χ3v) is 4.51. The number of para-hydroxylation sites is 1. The van der Waals surface area contributed by atoms with E-state index in [1.807, 2.05) is 48.5 Å². The Kier molecular flexibility index (Phi) is 4.09. The Morgan fingerprint density at radius 3 is 2.58 bits per heavy atom. The lowest BCUT2D eigenvalue weighted by Gasteiger charge is -2.28. The molecule has 0 saturated carbocycles. The smallest absolute Gasteiger partial charge is 0.251 e. The second-order valence-electron chi connectivity index (χ2n) is 6.02. The van der Waals surface area contributed by atoms with E-state index < -0.39 is 0 Å². The number of nitrogens with zero attached hydrogens (tertiary/aromatic N) is 1. The molecule has 1 fully saturated rings. The maximum Gasteiger partial charge on any atom is 0.251 e. The van der Waals surface area contributed by atoms with Gasteiger partial charge in [0.15, 0.2) is 0 Å². The van der Waals surface area contributed by atoms with Gasteiger partial charge in [-0.1, -0.05) is 18.2 Å². The molecule has 2 aliphatic heterocycles. The maximum atomic E-state index is 12.5. The van der Waals surface area contributed by atoms with Crippen molar-refractivity contribution in [3.8, 4) is 5.75 Å². The monoisotopic (exact) mass is 324 g/mol. The molecule has 124 valence electrons. The van der Waals surface area contributed by atoms with Gasteiger partial charge in [0.1, 0.15) is 12.4 Å². The van der Waals surface area contributed by atoms with Gasteiger partial charge in [0.2, 0.25) is 0 Å². The van der Waals surface area contributed by atoms with Crippen molar-refractivity contribution in [2.75, 3.05) is 37.8 Å².